The number of hydrogen-bond donors (Lipinski definition) is 4. The van der Waals surface area contributed by atoms with E-state index in [2.05, 4.69) is 20.9 Å². The number of anilines is 1. The Morgan fingerprint density at radius 2 is 2.21 bits per heavy atom. The zero-order valence-electron chi connectivity index (χ0n) is 16.0. The van der Waals surface area contributed by atoms with Crippen LogP contribution in [0.15, 0.2) is 47.5 Å². The summed E-state index contributed by atoms with van der Waals surface area (Å²) in [5, 5.41) is 10.1. The highest BCUT2D eigenvalue weighted by Crippen LogP contribution is 2.29. The Bertz CT molecular complexity index is 1020. The van der Waals surface area contributed by atoms with Gasteiger partial charge in [0.1, 0.15) is 11.9 Å². The fourth-order valence-electron chi connectivity index (χ4n) is 3.36. The Morgan fingerprint density at radius 3 is 3.07 bits per heavy atom. The number of carbonyl (C=O) groups is 1. The molecule has 0 saturated carbocycles. The highest BCUT2D eigenvalue weighted by atomic mass is 35.5. The molecular weight excluding hydrogens is 390 g/mol. The third-order valence-corrected chi connectivity index (χ3v) is 5.28. The second-order valence-corrected chi connectivity index (χ2v) is 7.36. The smallest absolute Gasteiger partial charge is 0.262 e. The molecule has 0 bridgehead atoms. The fraction of sp³-hybridized carbons (Fsp3) is 0.238. The van der Waals surface area contributed by atoms with E-state index in [1.54, 1.807) is 0 Å². The van der Waals surface area contributed by atoms with Crippen molar-refractivity contribution in [3.05, 3.63) is 64.2 Å². The molecule has 0 saturated heterocycles. The number of aliphatic imine (C=N–C) groups is 1. The van der Waals surface area contributed by atoms with Gasteiger partial charge in [-0.1, -0.05) is 29.8 Å². The number of carbonyl (C=O) groups excluding carboxylic acids is 1. The van der Waals surface area contributed by atoms with Crippen LogP contribution in [0.25, 0.3) is 5.70 Å². The Hall–Kier alpha value is -3.03. The molecule has 2 aromatic carbocycles. The zero-order valence-corrected chi connectivity index (χ0v) is 16.7. The summed E-state index contributed by atoms with van der Waals surface area (Å²) in [6, 6.07) is 11.6. The molecule has 2 heterocycles. The lowest BCUT2D eigenvalue weighted by Gasteiger charge is -2.23. The van der Waals surface area contributed by atoms with Crippen LogP contribution in [0.4, 0.5) is 5.69 Å². The number of hydrogen-bond acceptors (Lipinski definition) is 6. The quantitative estimate of drug-likeness (QED) is 0.605. The van der Waals surface area contributed by atoms with E-state index in [9.17, 15) is 4.79 Å². The average molecular weight is 412 g/mol. The monoisotopic (exact) mass is 411 g/mol. The van der Waals surface area contributed by atoms with Gasteiger partial charge < -0.3 is 21.1 Å². The SMILES string of the molecule is Cc1c(Cl)cccc1C1=CC(NCCc2ccc3c(c2)NC(=O)CO3)NC(N)=N1. The second-order valence-electron chi connectivity index (χ2n) is 6.95. The molecule has 1 unspecified atom stereocenters. The summed E-state index contributed by atoms with van der Waals surface area (Å²) in [7, 11) is 0. The van der Waals surface area contributed by atoms with Gasteiger partial charge in [0.2, 0.25) is 0 Å². The van der Waals surface area contributed by atoms with Crippen molar-refractivity contribution in [2.75, 3.05) is 18.5 Å². The molecule has 150 valence electrons. The number of nitrogens with one attached hydrogen (secondary N) is 3. The molecule has 5 N–H and O–H groups in total. The van der Waals surface area contributed by atoms with Gasteiger partial charge in [0.25, 0.3) is 5.91 Å². The van der Waals surface area contributed by atoms with Gasteiger partial charge in [-0.3, -0.25) is 10.1 Å². The predicted molar refractivity (Wildman–Crippen MR) is 115 cm³/mol. The predicted octanol–water partition coefficient (Wildman–Crippen LogP) is 2.40. The van der Waals surface area contributed by atoms with Crippen molar-refractivity contribution in [1.29, 1.82) is 0 Å². The number of nitrogens with zero attached hydrogens (tertiary/aromatic N) is 1. The number of nitrogens with two attached hydrogens (primary N) is 1. The van der Waals surface area contributed by atoms with Crippen molar-refractivity contribution in [1.82, 2.24) is 10.6 Å². The zero-order chi connectivity index (χ0) is 20.4. The van der Waals surface area contributed by atoms with Gasteiger partial charge in [-0.2, -0.15) is 0 Å². The van der Waals surface area contributed by atoms with E-state index in [0.717, 1.165) is 28.8 Å². The normalized spacial score (nSPS) is 18.0. The molecule has 2 aliphatic heterocycles. The number of fused-ring (bicyclic) bond motifs is 1. The summed E-state index contributed by atoms with van der Waals surface area (Å²) in [5.74, 6) is 0.916. The Labute approximate surface area is 174 Å². The van der Waals surface area contributed by atoms with Crippen molar-refractivity contribution < 1.29 is 9.53 Å². The molecule has 4 rings (SSSR count). The third kappa shape index (κ3) is 4.36. The molecule has 0 aromatic heterocycles. The number of ether oxygens (including phenoxy) is 1. The molecule has 2 aromatic rings. The number of benzene rings is 2. The summed E-state index contributed by atoms with van der Waals surface area (Å²) in [6.07, 6.45) is 2.62. The number of guanidine groups is 1. The lowest BCUT2D eigenvalue weighted by atomic mass is 10.0. The molecular formula is C21H22ClN5O2. The standard InChI is InChI=1S/C21H22ClN5O2/c1-12-14(3-2-4-15(12)22)16-10-19(27-21(23)26-16)24-8-7-13-5-6-18-17(9-13)25-20(28)11-29-18/h2-6,9-10,19,24H,7-8,11H2,1H3,(H,25,28)(H3,23,26,27). The van der Waals surface area contributed by atoms with Gasteiger partial charge >= 0.3 is 0 Å². The largest absolute Gasteiger partial charge is 0.482 e. The molecule has 1 amide bonds. The first-order valence-corrected chi connectivity index (χ1v) is 9.74. The highest BCUT2D eigenvalue weighted by molar-refractivity contribution is 6.31. The van der Waals surface area contributed by atoms with Crippen molar-refractivity contribution in [3.63, 3.8) is 0 Å². The Kier molecular flexibility index (Phi) is 5.42. The summed E-state index contributed by atoms with van der Waals surface area (Å²) in [6.45, 7) is 2.73. The van der Waals surface area contributed by atoms with Crippen LogP contribution in [0.2, 0.25) is 5.02 Å². The van der Waals surface area contributed by atoms with E-state index in [1.165, 1.54) is 0 Å². The number of amides is 1. The lowest BCUT2D eigenvalue weighted by molar-refractivity contribution is -0.118. The van der Waals surface area contributed by atoms with Gasteiger partial charge in [-0.15, -0.1) is 0 Å². The van der Waals surface area contributed by atoms with Gasteiger partial charge in [0, 0.05) is 17.1 Å². The average Bonchev–Trinajstić information content (AvgIpc) is 2.69. The van der Waals surface area contributed by atoms with Crippen LogP contribution >= 0.6 is 11.6 Å². The van der Waals surface area contributed by atoms with Crippen LogP contribution in [0.1, 0.15) is 16.7 Å². The van der Waals surface area contributed by atoms with E-state index in [1.807, 2.05) is 49.4 Å². The molecule has 7 nitrogen and oxygen atoms in total. The molecule has 0 aliphatic carbocycles. The van der Waals surface area contributed by atoms with Crippen molar-refractivity contribution in [2.24, 2.45) is 10.7 Å². The van der Waals surface area contributed by atoms with Gasteiger partial charge in [0.05, 0.1) is 11.4 Å². The summed E-state index contributed by atoms with van der Waals surface area (Å²) < 4.78 is 5.39. The fourth-order valence-corrected chi connectivity index (χ4v) is 3.54. The van der Waals surface area contributed by atoms with Crippen molar-refractivity contribution in [3.8, 4) is 5.75 Å². The molecule has 0 spiro atoms. The van der Waals surface area contributed by atoms with E-state index >= 15 is 0 Å². The second kappa shape index (κ2) is 8.14. The summed E-state index contributed by atoms with van der Waals surface area (Å²) in [4.78, 5) is 15.9. The molecule has 0 fully saturated rings. The van der Waals surface area contributed by atoms with Gasteiger partial charge in [-0.05, 0) is 48.7 Å². The van der Waals surface area contributed by atoms with Crippen LogP contribution in [-0.4, -0.2) is 31.2 Å². The van der Waals surface area contributed by atoms with Crippen LogP contribution in [0.3, 0.4) is 0 Å². The highest BCUT2D eigenvalue weighted by Gasteiger charge is 2.18. The molecule has 2 aliphatic rings. The topological polar surface area (TPSA) is 101 Å². The van der Waals surface area contributed by atoms with Crippen molar-refractivity contribution >= 4 is 34.9 Å². The van der Waals surface area contributed by atoms with Crippen LogP contribution < -0.4 is 26.4 Å². The van der Waals surface area contributed by atoms with Crippen LogP contribution in [0, 0.1) is 6.92 Å². The molecule has 1 atom stereocenters. The maximum atomic E-state index is 11.5. The summed E-state index contributed by atoms with van der Waals surface area (Å²) in [5.41, 5.74) is 10.5. The Morgan fingerprint density at radius 1 is 1.34 bits per heavy atom. The molecule has 0 radical (unpaired) electrons. The first-order valence-electron chi connectivity index (χ1n) is 9.36. The maximum absolute atomic E-state index is 11.5. The number of rotatable bonds is 5. The van der Waals surface area contributed by atoms with E-state index in [-0.39, 0.29) is 18.7 Å². The molecule has 8 heteroatoms. The van der Waals surface area contributed by atoms with Gasteiger partial charge in [0.15, 0.2) is 12.6 Å². The van der Waals surface area contributed by atoms with E-state index < -0.39 is 0 Å². The Balaban J connectivity index is 1.42. The van der Waals surface area contributed by atoms with Crippen LogP contribution in [0.5, 0.6) is 5.75 Å². The maximum Gasteiger partial charge on any atom is 0.262 e. The van der Waals surface area contributed by atoms with E-state index in [0.29, 0.717) is 29.0 Å². The minimum absolute atomic E-state index is 0.0605. The first-order chi connectivity index (χ1) is 14.0. The van der Waals surface area contributed by atoms with Crippen molar-refractivity contribution in [2.45, 2.75) is 19.5 Å². The lowest BCUT2D eigenvalue weighted by Crippen LogP contribution is -2.49. The molecule has 29 heavy (non-hydrogen) atoms. The van der Waals surface area contributed by atoms with Crippen LogP contribution in [-0.2, 0) is 11.2 Å². The minimum Gasteiger partial charge on any atom is -0.482 e. The third-order valence-electron chi connectivity index (χ3n) is 4.87. The minimum atomic E-state index is -0.151. The first kappa shape index (κ1) is 19.3. The van der Waals surface area contributed by atoms with E-state index in [4.69, 9.17) is 22.1 Å². The number of halogens is 1. The summed E-state index contributed by atoms with van der Waals surface area (Å²) >= 11 is 6.24. The van der Waals surface area contributed by atoms with Gasteiger partial charge in [-0.25, -0.2) is 4.99 Å².